The Morgan fingerprint density at radius 1 is 1.09 bits per heavy atom. The highest BCUT2D eigenvalue weighted by molar-refractivity contribution is 5.87. The highest BCUT2D eigenvalue weighted by atomic mass is 16.5. The Hall–Kier alpha value is -2.37. The summed E-state index contributed by atoms with van der Waals surface area (Å²) < 4.78 is 5.90. The minimum Gasteiger partial charge on any atom is -0.492 e. The summed E-state index contributed by atoms with van der Waals surface area (Å²) >= 11 is 0. The number of aryl methyl sites for hydroxylation is 1. The number of benzene rings is 2. The summed E-state index contributed by atoms with van der Waals surface area (Å²) in [6.45, 7) is 5.62. The molecular weight excluding hydrogens is 400 g/mol. The van der Waals surface area contributed by atoms with Crippen LogP contribution in [0.5, 0.6) is 5.75 Å². The number of hydrogen-bond donors (Lipinski definition) is 2. The van der Waals surface area contributed by atoms with E-state index in [1.54, 1.807) is 0 Å². The van der Waals surface area contributed by atoms with Crippen LogP contribution in [0.25, 0.3) is 0 Å². The van der Waals surface area contributed by atoms with E-state index in [9.17, 15) is 9.90 Å². The molecule has 3 aliphatic rings. The van der Waals surface area contributed by atoms with Crippen molar-refractivity contribution in [2.45, 2.75) is 44.2 Å². The van der Waals surface area contributed by atoms with E-state index in [0.29, 0.717) is 18.4 Å². The molecule has 170 valence electrons. The summed E-state index contributed by atoms with van der Waals surface area (Å²) in [7, 11) is 0. The first-order valence-corrected chi connectivity index (χ1v) is 12.1. The maximum absolute atomic E-state index is 13.4. The first kappa shape index (κ1) is 21.5. The number of rotatable bonds is 8. The monoisotopic (exact) mass is 434 g/mol. The highest BCUT2D eigenvalue weighted by Gasteiger charge is 2.58. The van der Waals surface area contributed by atoms with E-state index in [4.69, 9.17) is 4.74 Å². The summed E-state index contributed by atoms with van der Waals surface area (Å²) in [6.07, 6.45) is 3.98. The van der Waals surface area contributed by atoms with Crippen molar-refractivity contribution in [2.24, 2.45) is 17.8 Å². The van der Waals surface area contributed by atoms with Crippen LogP contribution in [0.3, 0.4) is 0 Å². The van der Waals surface area contributed by atoms with E-state index in [2.05, 4.69) is 29.3 Å². The number of likely N-dealkylation sites (tertiary alicyclic amines) is 1. The van der Waals surface area contributed by atoms with E-state index in [0.717, 1.165) is 56.6 Å². The fourth-order valence-corrected chi connectivity index (χ4v) is 5.86. The first-order chi connectivity index (χ1) is 15.6. The van der Waals surface area contributed by atoms with Crippen molar-refractivity contribution >= 4 is 5.91 Å². The maximum Gasteiger partial charge on any atom is 0.257 e. The van der Waals surface area contributed by atoms with E-state index >= 15 is 0 Å². The van der Waals surface area contributed by atoms with Crippen molar-refractivity contribution in [1.29, 1.82) is 0 Å². The van der Waals surface area contributed by atoms with E-state index in [1.165, 1.54) is 5.56 Å². The summed E-state index contributed by atoms with van der Waals surface area (Å²) in [5.41, 5.74) is 0.511. The topological polar surface area (TPSA) is 61.8 Å². The van der Waals surface area contributed by atoms with Gasteiger partial charge in [0.05, 0.1) is 0 Å². The molecule has 1 aliphatic heterocycles. The van der Waals surface area contributed by atoms with Crippen LogP contribution < -0.4 is 10.1 Å². The molecule has 3 fully saturated rings. The zero-order chi connectivity index (χ0) is 22.1. The molecule has 5 rings (SSSR count). The molecule has 0 bridgehead atoms. The Morgan fingerprint density at radius 3 is 2.50 bits per heavy atom. The van der Waals surface area contributed by atoms with Crippen LogP contribution in [0.4, 0.5) is 0 Å². The van der Waals surface area contributed by atoms with Gasteiger partial charge >= 0.3 is 0 Å². The smallest absolute Gasteiger partial charge is 0.257 e. The molecule has 1 saturated heterocycles. The molecule has 2 N–H and O–H groups in total. The SMILES string of the molecule is Cc1cccc(OCCN2CC3C(NC(=O)C(O)(c4ccccc4)C4CCCC4)[C@H]3C2)c1. The van der Waals surface area contributed by atoms with Gasteiger partial charge in [-0.3, -0.25) is 9.69 Å². The van der Waals surface area contributed by atoms with Gasteiger partial charge < -0.3 is 15.2 Å². The Kier molecular flexibility index (Phi) is 5.95. The molecule has 32 heavy (non-hydrogen) atoms. The molecule has 0 radical (unpaired) electrons. The predicted octanol–water partition coefficient (Wildman–Crippen LogP) is 3.50. The van der Waals surface area contributed by atoms with E-state index < -0.39 is 5.60 Å². The molecule has 0 spiro atoms. The quantitative estimate of drug-likeness (QED) is 0.668. The minimum absolute atomic E-state index is 0.00115. The second-order valence-electron chi connectivity index (χ2n) is 9.87. The van der Waals surface area contributed by atoms with Crippen molar-refractivity contribution in [3.8, 4) is 5.75 Å². The maximum atomic E-state index is 13.4. The Labute approximate surface area is 190 Å². The lowest BCUT2D eigenvalue weighted by molar-refractivity contribution is -0.147. The number of nitrogens with one attached hydrogen (secondary N) is 1. The number of nitrogens with zero attached hydrogens (tertiary/aromatic N) is 1. The molecule has 4 atom stereocenters. The Morgan fingerprint density at radius 2 is 1.81 bits per heavy atom. The summed E-state index contributed by atoms with van der Waals surface area (Å²) in [6, 6.07) is 17.9. The van der Waals surface area contributed by atoms with Gasteiger partial charge in [0, 0.05) is 31.6 Å². The first-order valence-electron chi connectivity index (χ1n) is 12.1. The molecule has 5 nitrogen and oxygen atoms in total. The molecule has 2 aliphatic carbocycles. The molecule has 2 aromatic carbocycles. The van der Waals surface area contributed by atoms with Crippen LogP contribution in [0.2, 0.25) is 0 Å². The third kappa shape index (κ3) is 4.16. The van der Waals surface area contributed by atoms with Crippen molar-refractivity contribution in [3.63, 3.8) is 0 Å². The average molecular weight is 435 g/mol. The number of carbonyl (C=O) groups excluding carboxylic acids is 1. The van der Waals surface area contributed by atoms with Gasteiger partial charge in [-0.25, -0.2) is 0 Å². The third-order valence-corrected chi connectivity index (χ3v) is 7.74. The standard InChI is InChI=1S/C27H34N2O3/c1-19-8-7-13-22(16-19)32-15-14-29-17-23-24(18-29)25(23)28-26(30)27(31,21-11-5-6-12-21)20-9-3-2-4-10-20/h2-4,7-10,13,16,21,23-25,31H,5-6,11-12,14-15,17-18H2,1H3,(H,28,30)/t23-,24?,25?,27?/m0/s1. The van der Waals surface area contributed by atoms with Gasteiger partial charge in [-0.15, -0.1) is 0 Å². The fourth-order valence-electron chi connectivity index (χ4n) is 5.86. The zero-order valence-corrected chi connectivity index (χ0v) is 18.9. The molecule has 3 unspecified atom stereocenters. The molecular formula is C27H34N2O3. The van der Waals surface area contributed by atoms with Crippen LogP contribution in [-0.4, -0.2) is 48.2 Å². The zero-order valence-electron chi connectivity index (χ0n) is 18.9. The van der Waals surface area contributed by atoms with Gasteiger partial charge in [0.25, 0.3) is 5.91 Å². The summed E-state index contributed by atoms with van der Waals surface area (Å²) in [5.74, 6) is 1.69. The van der Waals surface area contributed by atoms with E-state index in [-0.39, 0.29) is 17.9 Å². The number of amides is 1. The minimum atomic E-state index is -1.42. The molecule has 2 aromatic rings. The summed E-state index contributed by atoms with van der Waals surface area (Å²) in [5, 5.41) is 14.9. The van der Waals surface area contributed by atoms with Crippen LogP contribution in [0.1, 0.15) is 36.8 Å². The van der Waals surface area contributed by atoms with Gasteiger partial charge in [-0.1, -0.05) is 55.3 Å². The average Bonchev–Trinajstić information content (AvgIpc) is 3.22. The van der Waals surface area contributed by atoms with Crippen LogP contribution in [0.15, 0.2) is 54.6 Å². The second kappa shape index (κ2) is 8.87. The largest absolute Gasteiger partial charge is 0.492 e. The van der Waals surface area contributed by atoms with Crippen LogP contribution in [-0.2, 0) is 10.4 Å². The Balaban J connectivity index is 1.14. The lowest BCUT2D eigenvalue weighted by Crippen LogP contribution is -2.51. The normalized spacial score (nSPS) is 27.0. The third-order valence-electron chi connectivity index (χ3n) is 7.74. The van der Waals surface area contributed by atoms with E-state index in [1.807, 2.05) is 42.5 Å². The molecule has 1 amide bonds. The summed E-state index contributed by atoms with van der Waals surface area (Å²) in [4.78, 5) is 15.8. The van der Waals surface area contributed by atoms with Crippen molar-refractivity contribution in [3.05, 3.63) is 65.7 Å². The number of ether oxygens (including phenoxy) is 1. The molecule has 2 saturated carbocycles. The van der Waals surface area contributed by atoms with Gasteiger partial charge in [0.2, 0.25) is 0 Å². The lowest BCUT2D eigenvalue weighted by atomic mass is 9.79. The lowest BCUT2D eigenvalue weighted by Gasteiger charge is -2.33. The number of hydrogen-bond acceptors (Lipinski definition) is 4. The number of carbonyl (C=O) groups is 1. The highest BCUT2D eigenvalue weighted by Crippen LogP contribution is 2.47. The van der Waals surface area contributed by atoms with Gasteiger partial charge in [-0.05, 0) is 54.9 Å². The van der Waals surface area contributed by atoms with Crippen LogP contribution >= 0.6 is 0 Å². The van der Waals surface area contributed by atoms with Crippen LogP contribution in [0, 0.1) is 24.7 Å². The van der Waals surface area contributed by atoms with Crippen molar-refractivity contribution < 1.29 is 14.6 Å². The molecule has 0 aromatic heterocycles. The van der Waals surface area contributed by atoms with Gasteiger partial charge in [-0.2, -0.15) is 0 Å². The van der Waals surface area contributed by atoms with Crippen molar-refractivity contribution in [2.75, 3.05) is 26.2 Å². The van der Waals surface area contributed by atoms with Gasteiger partial charge in [0.1, 0.15) is 12.4 Å². The van der Waals surface area contributed by atoms with Gasteiger partial charge in [0.15, 0.2) is 5.60 Å². The number of fused-ring (bicyclic) bond motifs is 1. The molecule has 5 heteroatoms. The number of aliphatic hydroxyl groups is 1. The fraction of sp³-hybridized carbons (Fsp3) is 0.519. The second-order valence-corrected chi connectivity index (χ2v) is 9.87. The number of piperidine rings is 1. The predicted molar refractivity (Wildman–Crippen MR) is 124 cm³/mol. The Bertz CT molecular complexity index is 931. The van der Waals surface area contributed by atoms with Crippen molar-refractivity contribution in [1.82, 2.24) is 10.2 Å². The molecule has 1 heterocycles.